The van der Waals surface area contributed by atoms with Crippen molar-refractivity contribution in [2.24, 2.45) is 0 Å². The molecule has 0 unspecified atom stereocenters. The van der Waals surface area contributed by atoms with E-state index in [0.29, 0.717) is 24.5 Å². The van der Waals surface area contributed by atoms with Gasteiger partial charge in [0.15, 0.2) is 0 Å². The number of urea groups is 1. The topological polar surface area (TPSA) is 92.3 Å². The maximum atomic E-state index is 13.6. The standard InChI is InChI=1S/C30H34N4O5/c1-30(2,3)39-29(37)32-14-12-21(19-32)23-6-5-7-24-25(23)16-31-17-26(24)33-15-13-27(35)34(28(33)36)18-20-8-10-22(38-4)11-9-20/h5-11,16-17,21H,12-15,18-19H2,1-4H3/t21-/m0/s1. The summed E-state index contributed by atoms with van der Waals surface area (Å²) in [6.07, 6.45) is 4.25. The van der Waals surface area contributed by atoms with Crippen LogP contribution in [0.2, 0.25) is 0 Å². The van der Waals surface area contributed by atoms with Crippen LogP contribution in [0.5, 0.6) is 5.75 Å². The van der Waals surface area contributed by atoms with Gasteiger partial charge in [0.1, 0.15) is 11.4 Å². The van der Waals surface area contributed by atoms with Crippen LogP contribution < -0.4 is 9.64 Å². The highest BCUT2D eigenvalue weighted by molar-refractivity contribution is 6.10. The van der Waals surface area contributed by atoms with Crippen LogP contribution in [0.15, 0.2) is 54.9 Å². The van der Waals surface area contributed by atoms with Crippen LogP contribution in [0.25, 0.3) is 10.8 Å². The van der Waals surface area contributed by atoms with Gasteiger partial charge in [-0.3, -0.25) is 19.6 Å². The molecule has 0 spiro atoms. The van der Waals surface area contributed by atoms with Crippen molar-refractivity contribution in [3.8, 4) is 5.75 Å². The van der Waals surface area contributed by atoms with Gasteiger partial charge < -0.3 is 14.4 Å². The molecule has 2 aromatic carbocycles. The van der Waals surface area contributed by atoms with Gasteiger partial charge in [0, 0.05) is 48.9 Å². The Bertz CT molecular complexity index is 1400. The van der Waals surface area contributed by atoms with Gasteiger partial charge in [-0.1, -0.05) is 30.3 Å². The highest BCUT2D eigenvalue weighted by atomic mass is 16.6. The summed E-state index contributed by atoms with van der Waals surface area (Å²) in [5.74, 6) is 0.642. The molecule has 2 aliphatic heterocycles. The number of imide groups is 1. The Balaban J connectivity index is 1.39. The number of ether oxygens (including phenoxy) is 2. The molecule has 1 aromatic heterocycles. The second-order valence-electron chi connectivity index (χ2n) is 11.0. The van der Waals surface area contributed by atoms with Gasteiger partial charge in [0.05, 0.1) is 25.5 Å². The predicted molar refractivity (Wildman–Crippen MR) is 148 cm³/mol. The SMILES string of the molecule is COc1ccc(CN2C(=O)CCN(c3cncc4c([C@H]5CCN(C(=O)OC(C)(C)C)C5)cccc34)C2=O)cc1. The van der Waals surface area contributed by atoms with E-state index >= 15 is 0 Å². The molecule has 9 nitrogen and oxygen atoms in total. The van der Waals surface area contributed by atoms with Crippen LogP contribution in [0.3, 0.4) is 0 Å². The minimum absolute atomic E-state index is 0.128. The molecule has 39 heavy (non-hydrogen) atoms. The molecule has 2 aliphatic rings. The number of benzene rings is 2. The van der Waals surface area contributed by atoms with E-state index in [1.54, 1.807) is 23.1 Å². The normalized spacial score (nSPS) is 18.2. The van der Waals surface area contributed by atoms with Crippen molar-refractivity contribution >= 4 is 34.5 Å². The zero-order chi connectivity index (χ0) is 27.7. The first kappa shape index (κ1) is 26.5. The van der Waals surface area contributed by atoms with Crippen molar-refractivity contribution < 1.29 is 23.9 Å². The molecule has 0 aliphatic carbocycles. The highest BCUT2D eigenvalue weighted by Gasteiger charge is 2.35. The van der Waals surface area contributed by atoms with Gasteiger partial charge in [-0.15, -0.1) is 0 Å². The van der Waals surface area contributed by atoms with Crippen molar-refractivity contribution in [2.75, 3.05) is 31.6 Å². The number of aromatic nitrogens is 1. The van der Waals surface area contributed by atoms with E-state index < -0.39 is 5.60 Å². The molecule has 2 saturated heterocycles. The zero-order valence-corrected chi connectivity index (χ0v) is 22.8. The van der Waals surface area contributed by atoms with Gasteiger partial charge in [-0.25, -0.2) is 9.59 Å². The Morgan fingerprint density at radius 1 is 1.03 bits per heavy atom. The number of methoxy groups -OCH3 is 1. The highest BCUT2D eigenvalue weighted by Crippen LogP contribution is 2.36. The second-order valence-corrected chi connectivity index (χ2v) is 11.0. The third-order valence-electron chi connectivity index (χ3n) is 7.20. The van der Waals surface area contributed by atoms with Gasteiger partial charge in [-0.2, -0.15) is 0 Å². The number of pyridine rings is 1. The van der Waals surface area contributed by atoms with E-state index in [9.17, 15) is 14.4 Å². The number of rotatable bonds is 5. The summed E-state index contributed by atoms with van der Waals surface area (Å²) in [4.78, 5) is 48.2. The molecule has 2 fully saturated rings. The minimum atomic E-state index is -0.545. The lowest BCUT2D eigenvalue weighted by molar-refractivity contribution is -0.129. The molecule has 3 heterocycles. The van der Waals surface area contributed by atoms with E-state index in [1.807, 2.05) is 63.4 Å². The maximum Gasteiger partial charge on any atom is 0.410 e. The van der Waals surface area contributed by atoms with E-state index in [-0.39, 0.29) is 43.5 Å². The summed E-state index contributed by atoms with van der Waals surface area (Å²) < 4.78 is 10.8. The molecule has 204 valence electrons. The van der Waals surface area contributed by atoms with E-state index in [4.69, 9.17) is 9.47 Å². The van der Waals surface area contributed by atoms with Crippen LogP contribution in [-0.2, 0) is 16.1 Å². The van der Waals surface area contributed by atoms with Gasteiger partial charge >= 0.3 is 12.1 Å². The average Bonchev–Trinajstić information content (AvgIpc) is 3.40. The monoisotopic (exact) mass is 530 g/mol. The van der Waals surface area contributed by atoms with Crippen molar-refractivity contribution in [3.05, 3.63) is 66.0 Å². The first-order chi connectivity index (χ1) is 18.6. The average molecular weight is 531 g/mol. The zero-order valence-electron chi connectivity index (χ0n) is 22.8. The van der Waals surface area contributed by atoms with Crippen molar-refractivity contribution in [1.82, 2.24) is 14.8 Å². The quantitative estimate of drug-likeness (QED) is 0.443. The molecular weight excluding hydrogens is 496 g/mol. The molecule has 9 heteroatoms. The summed E-state index contributed by atoms with van der Waals surface area (Å²) in [5.41, 5.74) is 2.06. The Kier molecular flexibility index (Phi) is 7.16. The summed E-state index contributed by atoms with van der Waals surface area (Å²) in [5, 5.41) is 1.84. The number of likely N-dealkylation sites (tertiary alicyclic amines) is 1. The smallest absolute Gasteiger partial charge is 0.410 e. The molecule has 0 bridgehead atoms. The Hall–Kier alpha value is -4.14. The van der Waals surface area contributed by atoms with Gasteiger partial charge in [0.2, 0.25) is 5.91 Å². The molecular formula is C30H34N4O5. The van der Waals surface area contributed by atoms with Crippen LogP contribution in [-0.4, -0.2) is 65.2 Å². The maximum absolute atomic E-state index is 13.6. The number of amides is 4. The number of hydrogen-bond acceptors (Lipinski definition) is 6. The van der Waals surface area contributed by atoms with Gasteiger partial charge in [-0.05, 0) is 50.5 Å². The molecule has 0 saturated carbocycles. The van der Waals surface area contributed by atoms with Crippen LogP contribution in [0.4, 0.5) is 15.3 Å². The summed E-state index contributed by atoms with van der Waals surface area (Å²) in [7, 11) is 1.60. The lowest BCUT2D eigenvalue weighted by Gasteiger charge is -2.34. The number of fused-ring (bicyclic) bond motifs is 1. The number of hydrogen-bond donors (Lipinski definition) is 0. The van der Waals surface area contributed by atoms with Crippen molar-refractivity contribution in [2.45, 2.75) is 51.7 Å². The fraction of sp³-hybridized carbons (Fsp3) is 0.400. The van der Waals surface area contributed by atoms with E-state index in [2.05, 4.69) is 11.1 Å². The number of carbonyl (C=O) groups is 3. The Morgan fingerprint density at radius 2 is 1.79 bits per heavy atom. The molecule has 3 aromatic rings. The third-order valence-corrected chi connectivity index (χ3v) is 7.20. The molecule has 0 N–H and O–H groups in total. The van der Waals surface area contributed by atoms with E-state index in [1.165, 1.54) is 4.90 Å². The lowest BCUT2D eigenvalue weighted by Crippen LogP contribution is -2.52. The molecule has 0 radical (unpaired) electrons. The summed E-state index contributed by atoms with van der Waals surface area (Å²) >= 11 is 0. The summed E-state index contributed by atoms with van der Waals surface area (Å²) in [6.45, 7) is 7.25. The second kappa shape index (κ2) is 10.6. The van der Waals surface area contributed by atoms with Crippen LogP contribution >= 0.6 is 0 Å². The van der Waals surface area contributed by atoms with Crippen molar-refractivity contribution in [1.29, 1.82) is 0 Å². The summed E-state index contributed by atoms with van der Waals surface area (Å²) in [6, 6.07) is 13.0. The Morgan fingerprint density at radius 3 is 2.51 bits per heavy atom. The van der Waals surface area contributed by atoms with Gasteiger partial charge in [0.25, 0.3) is 0 Å². The first-order valence-electron chi connectivity index (χ1n) is 13.2. The van der Waals surface area contributed by atoms with Crippen LogP contribution in [0.1, 0.15) is 50.7 Å². The van der Waals surface area contributed by atoms with Crippen molar-refractivity contribution in [3.63, 3.8) is 0 Å². The fourth-order valence-electron chi connectivity index (χ4n) is 5.26. The lowest BCUT2D eigenvalue weighted by atomic mass is 9.93. The first-order valence-corrected chi connectivity index (χ1v) is 13.2. The molecule has 1 atom stereocenters. The third kappa shape index (κ3) is 5.53. The predicted octanol–water partition coefficient (Wildman–Crippen LogP) is 5.33. The number of carbonyl (C=O) groups excluding carboxylic acids is 3. The fourth-order valence-corrected chi connectivity index (χ4v) is 5.26. The number of anilines is 1. The molecule has 5 rings (SSSR count). The Labute approximate surface area is 228 Å². The largest absolute Gasteiger partial charge is 0.497 e. The minimum Gasteiger partial charge on any atom is -0.497 e. The number of nitrogens with zero attached hydrogens (tertiary/aromatic N) is 4. The van der Waals surface area contributed by atoms with E-state index in [0.717, 1.165) is 28.3 Å². The molecule has 4 amide bonds. The van der Waals surface area contributed by atoms with Crippen LogP contribution in [0, 0.1) is 0 Å².